The van der Waals surface area contributed by atoms with Crippen molar-refractivity contribution in [3.63, 3.8) is 0 Å². The summed E-state index contributed by atoms with van der Waals surface area (Å²) in [6, 6.07) is 0.0916. The molecule has 2 atom stereocenters. The SMILES string of the molecule is CC1Cc2c(Cl)cc(C(=O)NC(C(=O)O)C(C)C)c(O)c2C(=O)O1. The molecular formula is C16H18ClNO6. The number of fused-ring (bicyclic) bond motifs is 1. The van der Waals surface area contributed by atoms with E-state index in [2.05, 4.69) is 5.32 Å². The number of benzene rings is 1. The first kappa shape index (κ1) is 18.1. The Kier molecular flexibility index (Phi) is 5.03. The monoisotopic (exact) mass is 355 g/mol. The smallest absolute Gasteiger partial charge is 0.342 e. The van der Waals surface area contributed by atoms with Crippen LogP contribution in [0.3, 0.4) is 0 Å². The molecule has 0 spiro atoms. The number of amides is 1. The fraction of sp³-hybridized carbons (Fsp3) is 0.438. The van der Waals surface area contributed by atoms with Crippen LogP contribution in [0.25, 0.3) is 0 Å². The van der Waals surface area contributed by atoms with Gasteiger partial charge in [-0.25, -0.2) is 9.59 Å². The Morgan fingerprint density at radius 3 is 2.58 bits per heavy atom. The first-order valence-corrected chi connectivity index (χ1v) is 7.80. The number of hydrogen-bond acceptors (Lipinski definition) is 5. The van der Waals surface area contributed by atoms with Crippen molar-refractivity contribution in [2.24, 2.45) is 5.92 Å². The van der Waals surface area contributed by atoms with Crippen molar-refractivity contribution in [2.75, 3.05) is 0 Å². The Labute approximate surface area is 143 Å². The normalized spacial score (nSPS) is 17.9. The van der Waals surface area contributed by atoms with E-state index < -0.39 is 29.6 Å². The number of hydrogen-bond donors (Lipinski definition) is 3. The van der Waals surface area contributed by atoms with Crippen molar-refractivity contribution in [3.8, 4) is 5.75 Å². The zero-order valence-electron chi connectivity index (χ0n) is 13.4. The lowest BCUT2D eigenvalue weighted by Crippen LogP contribution is -2.44. The van der Waals surface area contributed by atoms with Crippen LogP contribution in [0.5, 0.6) is 5.75 Å². The highest BCUT2D eigenvalue weighted by atomic mass is 35.5. The average Bonchev–Trinajstić information content (AvgIpc) is 2.46. The third-order valence-corrected chi connectivity index (χ3v) is 4.16. The van der Waals surface area contributed by atoms with Gasteiger partial charge in [-0.2, -0.15) is 0 Å². The van der Waals surface area contributed by atoms with Gasteiger partial charge in [0.15, 0.2) is 0 Å². The van der Waals surface area contributed by atoms with Crippen LogP contribution >= 0.6 is 11.6 Å². The number of cyclic esters (lactones) is 1. The first-order valence-electron chi connectivity index (χ1n) is 7.42. The number of carboxylic acids is 1. The zero-order chi connectivity index (χ0) is 18.2. The minimum atomic E-state index is -1.20. The van der Waals surface area contributed by atoms with Gasteiger partial charge in [0.05, 0.1) is 5.56 Å². The molecule has 0 aliphatic carbocycles. The van der Waals surface area contributed by atoms with Crippen LogP contribution in [-0.4, -0.2) is 40.2 Å². The standard InChI is InChI=1S/C16H18ClNO6/c1-6(2)12(15(21)22)18-14(20)9-5-10(17)8-4-7(3)24-16(23)11(8)13(9)19/h5-7,12,19H,4H2,1-3H3,(H,18,20)(H,21,22). The number of halogens is 1. The predicted octanol–water partition coefficient (Wildman–Crippen LogP) is 1.99. The maximum atomic E-state index is 12.3. The lowest BCUT2D eigenvalue weighted by atomic mass is 9.95. The van der Waals surface area contributed by atoms with Crippen molar-refractivity contribution in [1.29, 1.82) is 0 Å². The predicted molar refractivity (Wildman–Crippen MR) is 85.4 cm³/mol. The van der Waals surface area contributed by atoms with Crippen LogP contribution < -0.4 is 5.32 Å². The molecule has 1 aliphatic rings. The summed E-state index contributed by atoms with van der Waals surface area (Å²) in [5, 5.41) is 21.9. The Morgan fingerprint density at radius 1 is 1.42 bits per heavy atom. The van der Waals surface area contributed by atoms with E-state index >= 15 is 0 Å². The fourth-order valence-electron chi connectivity index (χ4n) is 2.58. The van der Waals surface area contributed by atoms with Gasteiger partial charge < -0.3 is 20.3 Å². The Morgan fingerprint density at radius 2 is 2.04 bits per heavy atom. The molecule has 0 saturated carbocycles. The Hall–Kier alpha value is -2.28. The lowest BCUT2D eigenvalue weighted by molar-refractivity contribution is -0.140. The van der Waals surface area contributed by atoms with Gasteiger partial charge in [-0.15, -0.1) is 0 Å². The third kappa shape index (κ3) is 3.31. The molecule has 2 rings (SSSR count). The summed E-state index contributed by atoms with van der Waals surface area (Å²) >= 11 is 6.14. The van der Waals surface area contributed by atoms with Crippen molar-refractivity contribution < 1.29 is 29.3 Å². The number of aromatic hydroxyl groups is 1. The first-order chi connectivity index (χ1) is 11.1. The molecule has 24 heavy (non-hydrogen) atoms. The van der Waals surface area contributed by atoms with Gasteiger partial charge in [-0.05, 0) is 24.5 Å². The van der Waals surface area contributed by atoms with Gasteiger partial charge >= 0.3 is 11.9 Å². The summed E-state index contributed by atoms with van der Waals surface area (Å²) in [5.74, 6) is -3.72. The van der Waals surface area contributed by atoms with Crippen LogP contribution in [0.1, 0.15) is 47.1 Å². The zero-order valence-corrected chi connectivity index (χ0v) is 14.2. The molecule has 0 fully saturated rings. The summed E-state index contributed by atoms with van der Waals surface area (Å²) in [4.78, 5) is 35.6. The molecule has 1 amide bonds. The molecule has 1 heterocycles. The molecule has 1 aromatic carbocycles. The minimum Gasteiger partial charge on any atom is -0.506 e. The maximum absolute atomic E-state index is 12.3. The summed E-state index contributed by atoms with van der Waals surface area (Å²) in [6.07, 6.45) is -0.0713. The van der Waals surface area contributed by atoms with Gasteiger partial charge in [-0.1, -0.05) is 25.4 Å². The number of rotatable bonds is 4. The molecule has 2 unspecified atom stereocenters. The molecule has 1 aliphatic heterocycles. The van der Waals surface area contributed by atoms with E-state index in [1.807, 2.05) is 0 Å². The highest BCUT2D eigenvalue weighted by molar-refractivity contribution is 6.32. The van der Waals surface area contributed by atoms with Crippen molar-refractivity contribution in [2.45, 2.75) is 39.3 Å². The summed E-state index contributed by atoms with van der Waals surface area (Å²) in [7, 11) is 0. The third-order valence-electron chi connectivity index (χ3n) is 3.82. The van der Waals surface area contributed by atoms with Crippen LogP contribution in [0.15, 0.2) is 6.07 Å². The average molecular weight is 356 g/mol. The van der Waals surface area contributed by atoms with E-state index in [0.717, 1.165) is 0 Å². The highest BCUT2D eigenvalue weighted by Crippen LogP contribution is 2.36. The summed E-state index contributed by atoms with van der Waals surface area (Å²) in [5.41, 5.74) is -0.00700. The van der Waals surface area contributed by atoms with Crippen molar-refractivity contribution in [3.05, 3.63) is 27.8 Å². The van der Waals surface area contributed by atoms with E-state index in [1.165, 1.54) is 6.07 Å². The van der Waals surface area contributed by atoms with Crippen molar-refractivity contribution in [1.82, 2.24) is 5.32 Å². The van der Waals surface area contributed by atoms with Gasteiger partial charge in [0, 0.05) is 11.4 Å². The fourth-order valence-corrected chi connectivity index (χ4v) is 2.86. The van der Waals surface area contributed by atoms with Crippen molar-refractivity contribution >= 4 is 29.4 Å². The Bertz CT molecular complexity index is 715. The second-order valence-electron chi connectivity index (χ2n) is 6.06. The summed E-state index contributed by atoms with van der Waals surface area (Å²) in [6.45, 7) is 4.96. The Balaban J connectivity index is 2.44. The van der Waals surface area contributed by atoms with Crippen LogP contribution in [0.4, 0.5) is 0 Å². The number of nitrogens with one attached hydrogen (secondary N) is 1. The van der Waals surface area contributed by atoms with Gasteiger partial charge in [0.25, 0.3) is 5.91 Å². The number of carbonyl (C=O) groups is 3. The van der Waals surface area contributed by atoms with Gasteiger partial charge in [0.1, 0.15) is 23.5 Å². The van der Waals surface area contributed by atoms with Crippen LogP contribution in [-0.2, 0) is 16.0 Å². The molecular weight excluding hydrogens is 338 g/mol. The number of esters is 1. The molecule has 0 aromatic heterocycles. The van der Waals surface area contributed by atoms with E-state index in [-0.39, 0.29) is 28.2 Å². The minimum absolute atomic E-state index is 0.146. The number of carboxylic acid groups (broad SMARTS) is 1. The van der Waals surface area contributed by atoms with Crippen LogP contribution in [0.2, 0.25) is 5.02 Å². The van der Waals surface area contributed by atoms with Crippen LogP contribution in [0, 0.1) is 5.92 Å². The quantitative estimate of drug-likeness (QED) is 0.712. The van der Waals surface area contributed by atoms with Gasteiger partial charge in [0.2, 0.25) is 0 Å². The van der Waals surface area contributed by atoms with E-state index in [9.17, 15) is 19.5 Å². The van der Waals surface area contributed by atoms with Gasteiger partial charge in [-0.3, -0.25) is 4.79 Å². The molecule has 3 N–H and O–H groups in total. The molecule has 7 nitrogen and oxygen atoms in total. The lowest BCUT2D eigenvalue weighted by Gasteiger charge is -2.25. The molecule has 0 saturated heterocycles. The number of phenolic OH excluding ortho intramolecular Hbond substituents is 1. The highest BCUT2D eigenvalue weighted by Gasteiger charge is 2.33. The number of aliphatic carboxylic acids is 1. The summed E-state index contributed by atoms with van der Waals surface area (Å²) < 4.78 is 5.06. The number of carbonyl (C=O) groups excluding carboxylic acids is 2. The molecule has 130 valence electrons. The van der Waals surface area contributed by atoms with E-state index in [4.69, 9.17) is 21.4 Å². The molecule has 0 bridgehead atoms. The second kappa shape index (κ2) is 6.68. The van der Waals surface area contributed by atoms with E-state index in [0.29, 0.717) is 12.0 Å². The van der Waals surface area contributed by atoms with E-state index in [1.54, 1.807) is 20.8 Å². The number of ether oxygens (including phenoxy) is 1. The molecule has 0 radical (unpaired) electrons. The topological polar surface area (TPSA) is 113 Å². The second-order valence-corrected chi connectivity index (χ2v) is 6.47. The maximum Gasteiger partial charge on any atom is 0.342 e. The molecule has 8 heteroatoms. The largest absolute Gasteiger partial charge is 0.506 e. The molecule has 1 aromatic rings. The number of phenols is 1.